The molecule has 0 amide bonds. The molecule has 8 heteroatoms. The lowest BCUT2D eigenvalue weighted by atomic mass is 9.80. The van der Waals surface area contributed by atoms with E-state index in [0.717, 1.165) is 51.7 Å². The van der Waals surface area contributed by atoms with E-state index in [-0.39, 0.29) is 29.1 Å². The highest BCUT2D eigenvalue weighted by Crippen LogP contribution is 2.81. The third-order valence-corrected chi connectivity index (χ3v) is 17.2. The largest absolute Gasteiger partial charge is 0.302 e. The second kappa shape index (κ2) is 16.9. The van der Waals surface area contributed by atoms with Crippen LogP contribution in [0.5, 0.6) is 0 Å². The van der Waals surface area contributed by atoms with E-state index in [1.807, 2.05) is 12.4 Å². The Kier molecular flexibility index (Phi) is 10.9. The third kappa shape index (κ3) is 6.99. The SMILES string of the molecule is Cc1ccc(-c2ccccc2C(C)C)cc1N1c2nc(C(C)(C)C)cnc2N(c2ccccc2)C1C1C2(C)c3ccc(-c4ccccc4C(C)C)cc3N3c4ncc(C(C)(C)C)nc4N(c4ccccc4)C3C12C. The van der Waals surface area contributed by atoms with Gasteiger partial charge in [0.2, 0.25) is 0 Å². The van der Waals surface area contributed by atoms with E-state index >= 15 is 0 Å². The van der Waals surface area contributed by atoms with Crippen LogP contribution in [0.2, 0.25) is 0 Å². The zero-order chi connectivity index (χ0) is 51.8. The molecular formula is C66H70N8. The predicted octanol–water partition coefficient (Wildman–Crippen LogP) is 16.6. The van der Waals surface area contributed by atoms with E-state index in [2.05, 4.69) is 255 Å². The summed E-state index contributed by atoms with van der Waals surface area (Å²) in [6.45, 7) is 30.0. The molecule has 5 atom stereocenters. The smallest absolute Gasteiger partial charge is 0.178 e. The first kappa shape index (κ1) is 47.7. The Hall–Kier alpha value is -7.32. The lowest BCUT2D eigenvalue weighted by Gasteiger charge is -2.44. The van der Waals surface area contributed by atoms with Gasteiger partial charge in [0.15, 0.2) is 23.3 Å². The van der Waals surface area contributed by atoms with Crippen LogP contribution in [0, 0.1) is 18.3 Å². The second-order valence-corrected chi connectivity index (χ2v) is 24.4. The number of fused-ring (bicyclic) bond motifs is 9. The molecule has 5 unspecified atom stereocenters. The number of rotatable bonds is 8. The second-order valence-electron chi connectivity index (χ2n) is 24.4. The maximum atomic E-state index is 5.76. The topological polar surface area (TPSA) is 64.5 Å². The first-order chi connectivity index (χ1) is 35.3. The Labute approximate surface area is 439 Å². The monoisotopic (exact) mass is 975 g/mol. The Morgan fingerprint density at radius 2 is 0.946 bits per heavy atom. The lowest BCUT2D eigenvalue weighted by Crippen LogP contribution is -2.51. The minimum atomic E-state index is -0.432. The highest BCUT2D eigenvalue weighted by Gasteiger charge is 2.84. The van der Waals surface area contributed by atoms with Crippen molar-refractivity contribution in [3.8, 4) is 22.3 Å². The van der Waals surface area contributed by atoms with E-state index in [1.165, 1.54) is 50.2 Å². The highest BCUT2D eigenvalue weighted by molar-refractivity contribution is 5.92. The summed E-state index contributed by atoms with van der Waals surface area (Å²) in [6, 6.07) is 54.1. The first-order valence-corrected chi connectivity index (χ1v) is 26.8. The van der Waals surface area contributed by atoms with Crippen LogP contribution in [-0.2, 0) is 16.2 Å². The maximum Gasteiger partial charge on any atom is 0.178 e. The molecule has 6 aromatic carbocycles. The Bertz CT molecular complexity index is 3480. The van der Waals surface area contributed by atoms with Gasteiger partial charge in [-0.1, -0.05) is 192 Å². The number of aryl methyl sites for hydroxylation is 1. The molecule has 5 heterocycles. The molecule has 0 spiro atoms. The number of para-hydroxylation sites is 2. The molecule has 0 radical (unpaired) electrons. The zero-order valence-corrected chi connectivity index (χ0v) is 45.5. The van der Waals surface area contributed by atoms with Gasteiger partial charge in [-0.2, -0.15) is 0 Å². The highest BCUT2D eigenvalue weighted by atomic mass is 15.5. The van der Waals surface area contributed by atoms with Gasteiger partial charge in [0.1, 0.15) is 12.3 Å². The van der Waals surface area contributed by atoms with Gasteiger partial charge < -0.3 is 19.6 Å². The number of anilines is 8. The average Bonchev–Trinajstić information content (AvgIpc) is 3.65. The number of hydrogen-bond acceptors (Lipinski definition) is 8. The van der Waals surface area contributed by atoms with Crippen molar-refractivity contribution in [2.24, 2.45) is 11.3 Å². The normalized spacial score (nSPS) is 21.7. The number of nitrogens with zero attached hydrogens (tertiary/aromatic N) is 8. The standard InChI is InChI=1S/C66H70N8/c1-40(2)47-28-20-22-30-49(47)43-33-32-42(5)52(36-43)73-60-57(67-38-55(70-60)64(9,10)11)71(45-24-16-14-17-25-45)61(73)56-65(12)51-35-34-44(50-31-23-21-29-48(50)41(3)4)37-53(51)74-58-59(69-54(39-68-58)63(6,7)8)72(62(74)66(56,65)13)46-26-18-15-19-27-46/h14-41,56,61-62H,1-13H3. The van der Waals surface area contributed by atoms with Crippen LogP contribution in [0.4, 0.5) is 46.0 Å². The van der Waals surface area contributed by atoms with Crippen LogP contribution in [0.1, 0.15) is 129 Å². The van der Waals surface area contributed by atoms with E-state index < -0.39 is 10.8 Å². The quantitative estimate of drug-likeness (QED) is 0.149. The third-order valence-electron chi connectivity index (χ3n) is 17.2. The molecule has 74 heavy (non-hydrogen) atoms. The summed E-state index contributed by atoms with van der Waals surface area (Å²) >= 11 is 0. The van der Waals surface area contributed by atoms with Gasteiger partial charge >= 0.3 is 0 Å². The van der Waals surface area contributed by atoms with Crippen LogP contribution in [0.3, 0.4) is 0 Å². The molecule has 3 aliphatic heterocycles. The lowest BCUT2D eigenvalue weighted by molar-refractivity contribution is 0.350. The summed E-state index contributed by atoms with van der Waals surface area (Å²) in [4.78, 5) is 32.7. The summed E-state index contributed by atoms with van der Waals surface area (Å²) < 4.78 is 0. The molecular weight excluding hydrogens is 905 g/mol. The molecule has 2 aromatic heterocycles. The van der Waals surface area contributed by atoms with Crippen molar-refractivity contribution in [2.45, 2.75) is 130 Å². The fourth-order valence-corrected chi connectivity index (χ4v) is 13.2. The average molecular weight is 975 g/mol. The number of benzene rings is 6. The van der Waals surface area contributed by atoms with Gasteiger partial charge in [0, 0.05) is 50.3 Å². The van der Waals surface area contributed by atoms with Gasteiger partial charge in [-0.05, 0) is 99.7 Å². The fourth-order valence-electron chi connectivity index (χ4n) is 13.2. The first-order valence-electron chi connectivity index (χ1n) is 26.8. The van der Waals surface area contributed by atoms with Crippen molar-refractivity contribution < 1.29 is 0 Å². The summed E-state index contributed by atoms with van der Waals surface area (Å²) in [5.41, 5.74) is 15.2. The molecule has 374 valence electrons. The van der Waals surface area contributed by atoms with Gasteiger partial charge in [-0.15, -0.1) is 0 Å². The molecule has 8 aromatic rings. The van der Waals surface area contributed by atoms with E-state index in [1.54, 1.807) is 0 Å². The Morgan fingerprint density at radius 3 is 1.47 bits per heavy atom. The molecule has 1 aliphatic carbocycles. The van der Waals surface area contributed by atoms with Crippen molar-refractivity contribution in [3.05, 3.63) is 192 Å². The van der Waals surface area contributed by atoms with Gasteiger partial charge in [0.25, 0.3) is 0 Å². The van der Waals surface area contributed by atoms with Crippen LogP contribution in [0.25, 0.3) is 22.3 Å². The van der Waals surface area contributed by atoms with Crippen LogP contribution in [0.15, 0.2) is 158 Å². The molecule has 0 N–H and O–H groups in total. The number of aromatic nitrogens is 4. The Morgan fingerprint density at radius 1 is 0.486 bits per heavy atom. The summed E-state index contributed by atoms with van der Waals surface area (Å²) in [6.07, 6.45) is 3.55. The van der Waals surface area contributed by atoms with Crippen molar-refractivity contribution in [3.63, 3.8) is 0 Å². The van der Waals surface area contributed by atoms with E-state index in [0.29, 0.717) is 11.8 Å². The molecule has 4 aliphatic rings. The van der Waals surface area contributed by atoms with Gasteiger partial charge in [-0.3, -0.25) is 0 Å². The molecule has 0 bridgehead atoms. The van der Waals surface area contributed by atoms with Gasteiger partial charge in [0.05, 0.1) is 23.8 Å². The Balaban J connectivity index is 1.16. The predicted molar refractivity (Wildman–Crippen MR) is 306 cm³/mol. The van der Waals surface area contributed by atoms with Crippen molar-refractivity contribution in [1.29, 1.82) is 0 Å². The minimum Gasteiger partial charge on any atom is -0.302 e. The zero-order valence-electron chi connectivity index (χ0n) is 45.5. The van der Waals surface area contributed by atoms with Crippen molar-refractivity contribution in [1.82, 2.24) is 19.9 Å². The fraction of sp³-hybridized carbons (Fsp3) is 0.333. The van der Waals surface area contributed by atoms with Crippen molar-refractivity contribution >= 4 is 46.0 Å². The summed E-state index contributed by atoms with van der Waals surface area (Å²) in [5, 5.41) is 0. The van der Waals surface area contributed by atoms with Crippen LogP contribution >= 0.6 is 0 Å². The number of hydrogen-bond donors (Lipinski definition) is 0. The maximum absolute atomic E-state index is 5.76. The van der Waals surface area contributed by atoms with E-state index in [9.17, 15) is 0 Å². The molecule has 1 fully saturated rings. The van der Waals surface area contributed by atoms with Crippen molar-refractivity contribution in [2.75, 3.05) is 19.6 Å². The minimum absolute atomic E-state index is 0.0135. The van der Waals surface area contributed by atoms with Crippen LogP contribution < -0.4 is 19.6 Å². The van der Waals surface area contributed by atoms with Crippen LogP contribution in [-0.4, -0.2) is 32.3 Å². The molecule has 12 rings (SSSR count). The summed E-state index contributed by atoms with van der Waals surface area (Å²) in [5.74, 6) is 4.21. The summed E-state index contributed by atoms with van der Waals surface area (Å²) in [7, 11) is 0. The van der Waals surface area contributed by atoms with E-state index in [4.69, 9.17) is 19.9 Å². The molecule has 8 nitrogen and oxygen atoms in total. The molecule has 0 saturated heterocycles. The van der Waals surface area contributed by atoms with Gasteiger partial charge in [-0.25, -0.2) is 19.9 Å². The molecule has 1 saturated carbocycles.